The number of aryl methyl sites for hydroxylation is 1. The van der Waals surface area contributed by atoms with Gasteiger partial charge in [0, 0.05) is 13.0 Å². The molecule has 2 nitrogen and oxygen atoms in total. The van der Waals surface area contributed by atoms with Crippen LogP contribution in [0.4, 0.5) is 0 Å². The molecule has 1 aromatic rings. The van der Waals surface area contributed by atoms with Crippen molar-refractivity contribution in [1.82, 2.24) is 9.78 Å². The first-order chi connectivity index (χ1) is 5.77. The van der Waals surface area contributed by atoms with Crippen LogP contribution >= 0.6 is 11.6 Å². The fourth-order valence-corrected chi connectivity index (χ4v) is 2.04. The zero-order chi connectivity index (χ0) is 8.55. The van der Waals surface area contributed by atoms with Gasteiger partial charge in [0.25, 0.3) is 0 Å². The molecule has 0 radical (unpaired) electrons. The van der Waals surface area contributed by atoms with E-state index in [1.165, 1.54) is 31.4 Å². The first kappa shape index (κ1) is 8.11. The van der Waals surface area contributed by atoms with Crippen LogP contribution in [0.5, 0.6) is 0 Å². The first-order valence-electron chi connectivity index (χ1n) is 4.47. The van der Waals surface area contributed by atoms with E-state index in [9.17, 15) is 0 Å². The predicted molar refractivity (Wildman–Crippen MR) is 49.4 cm³/mol. The molecule has 0 N–H and O–H groups in total. The Morgan fingerprint density at radius 3 is 2.67 bits per heavy atom. The van der Waals surface area contributed by atoms with Crippen molar-refractivity contribution in [2.24, 2.45) is 7.05 Å². The molecule has 66 valence electrons. The minimum Gasteiger partial charge on any atom is -0.257 e. The third-order valence-electron chi connectivity index (χ3n) is 2.62. The van der Waals surface area contributed by atoms with E-state index in [1.807, 2.05) is 13.1 Å². The molecule has 1 fully saturated rings. The highest BCUT2D eigenvalue weighted by atomic mass is 35.5. The minimum absolute atomic E-state index is 0.670. The van der Waals surface area contributed by atoms with E-state index in [2.05, 4.69) is 5.10 Å². The summed E-state index contributed by atoms with van der Waals surface area (Å²) < 4.78 is 1.75. The first-order valence-corrected chi connectivity index (χ1v) is 4.84. The van der Waals surface area contributed by atoms with Gasteiger partial charge in [-0.25, -0.2) is 0 Å². The normalized spacial score (nSPS) is 18.8. The minimum atomic E-state index is 0.670. The molecule has 1 saturated carbocycles. The molecule has 1 aromatic heterocycles. The van der Waals surface area contributed by atoms with Gasteiger partial charge in [0.05, 0.1) is 5.69 Å². The Hall–Kier alpha value is -0.500. The molecule has 1 aliphatic rings. The van der Waals surface area contributed by atoms with E-state index in [-0.39, 0.29) is 0 Å². The Bertz CT molecular complexity index is 255. The van der Waals surface area contributed by atoms with Gasteiger partial charge in [-0.05, 0) is 18.9 Å². The standard InChI is InChI=1S/C9H13ClN2/c1-12-9(10)6-8(11-12)7-4-2-3-5-7/h6-7H,2-5H2,1H3. The Kier molecular flexibility index (Phi) is 2.09. The van der Waals surface area contributed by atoms with Crippen LogP contribution in [0.1, 0.15) is 37.3 Å². The highest BCUT2D eigenvalue weighted by molar-refractivity contribution is 6.29. The molecule has 12 heavy (non-hydrogen) atoms. The zero-order valence-corrected chi connectivity index (χ0v) is 8.01. The van der Waals surface area contributed by atoms with Gasteiger partial charge in [-0.1, -0.05) is 24.4 Å². The van der Waals surface area contributed by atoms with Gasteiger partial charge in [0.1, 0.15) is 5.15 Å². The lowest BCUT2D eigenvalue weighted by Gasteiger charge is -2.02. The largest absolute Gasteiger partial charge is 0.257 e. The van der Waals surface area contributed by atoms with Crippen LogP contribution in [0.3, 0.4) is 0 Å². The molecule has 2 rings (SSSR count). The summed E-state index contributed by atoms with van der Waals surface area (Å²) in [6.07, 6.45) is 5.26. The van der Waals surface area contributed by atoms with E-state index in [0.29, 0.717) is 5.92 Å². The van der Waals surface area contributed by atoms with E-state index in [4.69, 9.17) is 11.6 Å². The predicted octanol–water partition coefficient (Wildman–Crippen LogP) is 2.73. The fraction of sp³-hybridized carbons (Fsp3) is 0.667. The average Bonchev–Trinajstić information content (AvgIpc) is 2.61. The maximum absolute atomic E-state index is 5.91. The van der Waals surface area contributed by atoms with E-state index in [0.717, 1.165) is 5.15 Å². The number of aromatic nitrogens is 2. The highest BCUT2D eigenvalue weighted by Gasteiger charge is 2.19. The van der Waals surface area contributed by atoms with Crippen LogP contribution in [0.25, 0.3) is 0 Å². The molecule has 0 bridgehead atoms. The lowest BCUT2D eigenvalue weighted by Crippen LogP contribution is -1.95. The molecule has 0 saturated heterocycles. The topological polar surface area (TPSA) is 17.8 Å². The Morgan fingerprint density at radius 2 is 2.17 bits per heavy atom. The number of hydrogen-bond donors (Lipinski definition) is 0. The van der Waals surface area contributed by atoms with Crippen molar-refractivity contribution >= 4 is 11.6 Å². The average molecular weight is 185 g/mol. The molecule has 0 unspecified atom stereocenters. The molecule has 0 atom stereocenters. The quantitative estimate of drug-likeness (QED) is 0.657. The van der Waals surface area contributed by atoms with Crippen molar-refractivity contribution in [3.05, 3.63) is 16.9 Å². The number of halogens is 1. The maximum atomic E-state index is 5.91. The van der Waals surface area contributed by atoms with Gasteiger partial charge in [0.15, 0.2) is 0 Å². The molecule has 0 aliphatic heterocycles. The Labute approximate surface area is 77.5 Å². The molecule has 0 amide bonds. The van der Waals surface area contributed by atoms with E-state index < -0.39 is 0 Å². The molecule has 1 heterocycles. The third kappa shape index (κ3) is 1.36. The zero-order valence-electron chi connectivity index (χ0n) is 7.26. The second kappa shape index (κ2) is 3.09. The van der Waals surface area contributed by atoms with Crippen molar-refractivity contribution in [3.63, 3.8) is 0 Å². The summed E-state index contributed by atoms with van der Waals surface area (Å²) in [6, 6.07) is 2.00. The molecular weight excluding hydrogens is 172 g/mol. The number of hydrogen-bond acceptors (Lipinski definition) is 1. The van der Waals surface area contributed by atoms with E-state index >= 15 is 0 Å². The van der Waals surface area contributed by atoms with Crippen LogP contribution < -0.4 is 0 Å². The van der Waals surface area contributed by atoms with Gasteiger partial charge < -0.3 is 0 Å². The van der Waals surface area contributed by atoms with Gasteiger partial charge in [0.2, 0.25) is 0 Å². The second-order valence-corrected chi connectivity index (χ2v) is 3.88. The summed E-state index contributed by atoms with van der Waals surface area (Å²) in [4.78, 5) is 0. The number of nitrogens with zero attached hydrogens (tertiary/aromatic N) is 2. The summed E-state index contributed by atoms with van der Waals surface area (Å²) in [5.41, 5.74) is 1.18. The van der Waals surface area contributed by atoms with Crippen molar-refractivity contribution in [2.75, 3.05) is 0 Å². The molecule has 0 aromatic carbocycles. The Balaban J connectivity index is 2.21. The van der Waals surface area contributed by atoms with Gasteiger partial charge in [-0.15, -0.1) is 0 Å². The lowest BCUT2D eigenvalue weighted by atomic mass is 10.1. The van der Waals surface area contributed by atoms with Crippen LogP contribution in [0, 0.1) is 0 Å². The summed E-state index contributed by atoms with van der Waals surface area (Å²) in [5.74, 6) is 0.670. The molecule has 0 spiro atoms. The van der Waals surface area contributed by atoms with Crippen molar-refractivity contribution in [1.29, 1.82) is 0 Å². The lowest BCUT2D eigenvalue weighted by molar-refractivity contribution is 0.658. The monoisotopic (exact) mass is 184 g/mol. The van der Waals surface area contributed by atoms with Crippen LogP contribution in [-0.2, 0) is 7.05 Å². The van der Waals surface area contributed by atoms with E-state index in [1.54, 1.807) is 4.68 Å². The Morgan fingerprint density at radius 1 is 1.50 bits per heavy atom. The van der Waals surface area contributed by atoms with Crippen molar-refractivity contribution in [2.45, 2.75) is 31.6 Å². The van der Waals surface area contributed by atoms with Crippen molar-refractivity contribution < 1.29 is 0 Å². The second-order valence-electron chi connectivity index (χ2n) is 3.50. The van der Waals surface area contributed by atoms with Crippen LogP contribution in [0.15, 0.2) is 6.07 Å². The fourth-order valence-electron chi connectivity index (χ4n) is 1.89. The van der Waals surface area contributed by atoms with Gasteiger partial charge >= 0.3 is 0 Å². The maximum Gasteiger partial charge on any atom is 0.126 e. The summed E-state index contributed by atoms with van der Waals surface area (Å²) >= 11 is 5.91. The van der Waals surface area contributed by atoms with Crippen LogP contribution in [0.2, 0.25) is 5.15 Å². The SMILES string of the molecule is Cn1nc(C2CCCC2)cc1Cl. The summed E-state index contributed by atoms with van der Waals surface area (Å²) in [7, 11) is 1.89. The molecule has 1 aliphatic carbocycles. The smallest absolute Gasteiger partial charge is 0.126 e. The molecular formula is C9H13ClN2. The van der Waals surface area contributed by atoms with Crippen LogP contribution in [-0.4, -0.2) is 9.78 Å². The third-order valence-corrected chi connectivity index (χ3v) is 2.97. The van der Waals surface area contributed by atoms with Crippen molar-refractivity contribution in [3.8, 4) is 0 Å². The highest BCUT2D eigenvalue weighted by Crippen LogP contribution is 2.33. The van der Waals surface area contributed by atoms with Gasteiger partial charge in [-0.3, -0.25) is 4.68 Å². The molecule has 3 heteroatoms. The van der Waals surface area contributed by atoms with Gasteiger partial charge in [-0.2, -0.15) is 5.10 Å². The number of rotatable bonds is 1. The summed E-state index contributed by atoms with van der Waals surface area (Å²) in [6.45, 7) is 0. The summed E-state index contributed by atoms with van der Waals surface area (Å²) in [5, 5.41) is 5.12.